The van der Waals surface area contributed by atoms with Gasteiger partial charge in [-0.15, -0.1) is 0 Å². The Morgan fingerprint density at radius 1 is 1.29 bits per heavy atom. The van der Waals surface area contributed by atoms with Crippen molar-refractivity contribution in [2.75, 3.05) is 13.7 Å². The fraction of sp³-hybridized carbons (Fsp3) is 0.188. The number of carboxylic acid groups (broad SMARTS) is 1. The van der Waals surface area contributed by atoms with Crippen molar-refractivity contribution in [3.63, 3.8) is 0 Å². The monoisotopic (exact) mass is 330 g/mol. The molecule has 2 N–H and O–H groups in total. The number of hydrazone groups is 1. The van der Waals surface area contributed by atoms with Crippen molar-refractivity contribution in [3.05, 3.63) is 47.8 Å². The zero-order valence-corrected chi connectivity index (χ0v) is 13.2. The van der Waals surface area contributed by atoms with Gasteiger partial charge in [-0.05, 0) is 37.3 Å². The number of amides is 1. The summed E-state index contributed by atoms with van der Waals surface area (Å²) in [6.45, 7) is 1.14. The van der Waals surface area contributed by atoms with Crippen molar-refractivity contribution in [2.24, 2.45) is 5.10 Å². The Hall–Kier alpha value is -3.29. The SMILES string of the molecule is COc1cc(/C(C)=N\NC(=O)c2ccc[nH]2)ccc1OCC(=O)[O-]. The smallest absolute Gasteiger partial charge is 0.287 e. The highest BCUT2D eigenvalue weighted by atomic mass is 16.5. The summed E-state index contributed by atoms with van der Waals surface area (Å²) in [7, 11) is 1.44. The molecule has 0 bridgehead atoms. The van der Waals surface area contributed by atoms with Gasteiger partial charge in [-0.3, -0.25) is 4.79 Å². The summed E-state index contributed by atoms with van der Waals surface area (Å²) < 4.78 is 10.2. The highest BCUT2D eigenvalue weighted by Gasteiger charge is 2.09. The van der Waals surface area contributed by atoms with E-state index in [1.54, 1.807) is 43.5 Å². The lowest BCUT2D eigenvalue weighted by Gasteiger charge is -2.12. The van der Waals surface area contributed by atoms with Crippen LogP contribution in [0.5, 0.6) is 11.5 Å². The Bertz CT molecular complexity index is 753. The highest BCUT2D eigenvalue weighted by Crippen LogP contribution is 2.28. The maximum Gasteiger partial charge on any atom is 0.287 e. The maximum absolute atomic E-state index is 11.8. The molecule has 0 saturated carbocycles. The van der Waals surface area contributed by atoms with E-state index in [-0.39, 0.29) is 11.7 Å². The number of methoxy groups -OCH3 is 1. The number of hydrogen-bond acceptors (Lipinski definition) is 6. The van der Waals surface area contributed by atoms with Crippen molar-refractivity contribution < 1.29 is 24.2 Å². The average Bonchev–Trinajstić information content (AvgIpc) is 3.11. The molecule has 0 unspecified atom stereocenters. The van der Waals surface area contributed by atoms with Crippen LogP contribution in [0.2, 0.25) is 0 Å². The molecule has 24 heavy (non-hydrogen) atoms. The number of benzene rings is 1. The van der Waals surface area contributed by atoms with Crippen molar-refractivity contribution in [1.82, 2.24) is 10.4 Å². The van der Waals surface area contributed by atoms with Gasteiger partial charge in [-0.1, -0.05) is 0 Å². The molecule has 1 heterocycles. The summed E-state index contributed by atoms with van der Waals surface area (Å²) in [5.74, 6) is -1.07. The first-order chi connectivity index (χ1) is 11.5. The minimum Gasteiger partial charge on any atom is -0.546 e. The summed E-state index contributed by atoms with van der Waals surface area (Å²) >= 11 is 0. The third-order valence-electron chi connectivity index (χ3n) is 3.09. The predicted octanol–water partition coefficient (Wildman–Crippen LogP) is 0.306. The van der Waals surface area contributed by atoms with E-state index in [1.807, 2.05) is 0 Å². The van der Waals surface area contributed by atoms with Crippen LogP contribution in [0.1, 0.15) is 23.0 Å². The normalized spacial score (nSPS) is 11.0. The molecular formula is C16H16N3O5-. The summed E-state index contributed by atoms with van der Waals surface area (Å²) in [5, 5.41) is 14.5. The van der Waals surface area contributed by atoms with Crippen LogP contribution in [-0.2, 0) is 4.79 Å². The second kappa shape index (κ2) is 7.82. The number of ether oxygens (including phenoxy) is 2. The number of hydrogen-bond donors (Lipinski definition) is 2. The summed E-state index contributed by atoms with van der Waals surface area (Å²) in [6, 6.07) is 8.20. The molecule has 1 aromatic heterocycles. The van der Waals surface area contributed by atoms with Gasteiger partial charge in [0.2, 0.25) is 0 Å². The number of nitrogens with zero attached hydrogens (tertiary/aromatic N) is 1. The Morgan fingerprint density at radius 3 is 2.71 bits per heavy atom. The van der Waals surface area contributed by atoms with Gasteiger partial charge >= 0.3 is 0 Å². The minimum absolute atomic E-state index is 0.272. The highest BCUT2D eigenvalue weighted by molar-refractivity contribution is 6.00. The lowest BCUT2D eigenvalue weighted by molar-refractivity contribution is -0.307. The maximum atomic E-state index is 11.8. The number of aliphatic carboxylic acids is 1. The average molecular weight is 330 g/mol. The number of rotatable bonds is 7. The predicted molar refractivity (Wildman–Crippen MR) is 84.0 cm³/mol. The summed E-state index contributed by atoms with van der Waals surface area (Å²) in [5.41, 5.74) is 4.05. The quantitative estimate of drug-likeness (QED) is 0.560. The van der Waals surface area contributed by atoms with Crippen LogP contribution in [0.3, 0.4) is 0 Å². The number of H-pyrrole nitrogens is 1. The molecule has 0 spiro atoms. The molecule has 0 fully saturated rings. The van der Waals surface area contributed by atoms with Gasteiger partial charge in [0.05, 0.1) is 18.8 Å². The third kappa shape index (κ3) is 4.35. The van der Waals surface area contributed by atoms with Gasteiger partial charge in [0, 0.05) is 11.8 Å². The molecule has 0 aliphatic heterocycles. The van der Waals surface area contributed by atoms with Crippen LogP contribution in [0, 0.1) is 0 Å². The molecule has 126 valence electrons. The fourth-order valence-corrected chi connectivity index (χ4v) is 1.88. The molecule has 1 aromatic carbocycles. The standard InChI is InChI=1S/C16H17N3O5/c1-10(18-19-16(22)12-4-3-7-17-12)11-5-6-13(14(8-11)23-2)24-9-15(20)21/h3-8,17H,9H2,1-2H3,(H,19,22)(H,20,21)/p-1/b18-10-. The molecule has 1 amide bonds. The molecular weight excluding hydrogens is 314 g/mol. The van der Waals surface area contributed by atoms with Gasteiger partial charge in [0.1, 0.15) is 12.3 Å². The van der Waals surface area contributed by atoms with Crippen LogP contribution in [0.15, 0.2) is 41.6 Å². The van der Waals surface area contributed by atoms with Crippen molar-refractivity contribution >= 4 is 17.6 Å². The van der Waals surface area contributed by atoms with E-state index in [0.717, 1.165) is 0 Å². The van der Waals surface area contributed by atoms with Gasteiger partial charge in [-0.25, -0.2) is 5.43 Å². The van der Waals surface area contributed by atoms with Gasteiger partial charge in [0.15, 0.2) is 11.5 Å². The summed E-state index contributed by atoms with van der Waals surface area (Å²) in [4.78, 5) is 25.0. The van der Waals surface area contributed by atoms with E-state index in [1.165, 1.54) is 7.11 Å². The van der Waals surface area contributed by atoms with Crippen molar-refractivity contribution in [2.45, 2.75) is 6.92 Å². The molecule has 2 aromatic rings. The molecule has 0 aliphatic rings. The second-order valence-electron chi connectivity index (χ2n) is 4.75. The molecule has 8 nitrogen and oxygen atoms in total. The zero-order valence-electron chi connectivity index (χ0n) is 13.2. The van der Waals surface area contributed by atoms with Crippen LogP contribution < -0.4 is 20.0 Å². The van der Waals surface area contributed by atoms with Gasteiger partial charge in [0.25, 0.3) is 5.91 Å². The Labute approximate surface area is 138 Å². The fourth-order valence-electron chi connectivity index (χ4n) is 1.88. The third-order valence-corrected chi connectivity index (χ3v) is 3.09. The number of aromatic nitrogens is 1. The van der Waals surface area contributed by atoms with Gasteiger partial charge in [-0.2, -0.15) is 5.10 Å². The van der Waals surface area contributed by atoms with E-state index in [0.29, 0.717) is 22.7 Å². The van der Waals surface area contributed by atoms with E-state index >= 15 is 0 Å². The Balaban J connectivity index is 2.11. The van der Waals surface area contributed by atoms with Crippen LogP contribution >= 0.6 is 0 Å². The molecule has 2 rings (SSSR count). The van der Waals surface area contributed by atoms with E-state index in [4.69, 9.17) is 9.47 Å². The Kier molecular flexibility index (Phi) is 5.56. The van der Waals surface area contributed by atoms with Crippen molar-refractivity contribution in [3.8, 4) is 11.5 Å². The van der Waals surface area contributed by atoms with Crippen LogP contribution in [-0.4, -0.2) is 36.3 Å². The summed E-state index contributed by atoms with van der Waals surface area (Å²) in [6.07, 6.45) is 1.64. The molecule has 0 aliphatic carbocycles. The number of aromatic amines is 1. The van der Waals surface area contributed by atoms with Crippen molar-refractivity contribution in [1.29, 1.82) is 0 Å². The number of carbonyl (C=O) groups excluding carboxylic acids is 2. The Morgan fingerprint density at radius 2 is 2.08 bits per heavy atom. The lowest BCUT2D eigenvalue weighted by atomic mass is 10.1. The first kappa shape index (κ1) is 17.1. The molecule has 0 radical (unpaired) electrons. The largest absolute Gasteiger partial charge is 0.546 e. The zero-order chi connectivity index (χ0) is 17.5. The number of carbonyl (C=O) groups is 2. The second-order valence-corrected chi connectivity index (χ2v) is 4.75. The molecule has 0 atom stereocenters. The number of carboxylic acids is 1. The van der Waals surface area contributed by atoms with E-state index in [9.17, 15) is 14.7 Å². The molecule has 0 saturated heterocycles. The minimum atomic E-state index is -1.33. The van der Waals surface area contributed by atoms with E-state index < -0.39 is 12.6 Å². The topological polar surface area (TPSA) is 116 Å². The van der Waals surface area contributed by atoms with Crippen LogP contribution in [0.4, 0.5) is 0 Å². The first-order valence-electron chi connectivity index (χ1n) is 7.00. The molecule has 8 heteroatoms. The van der Waals surface area contributed by atoms with Gasteiger partial charge < -0.3 is 24.4 Å². The number of nitrogens with one attached hydrogen (secondary N) is 2. The van der Waals surface area contributed by atoms with Crippen LogP contribution in [0.25, 0.3) is 0 Å². The van der Waals surface area contributed by atoms with E-state index in [2.05, 4.69) is 15.5 Å². The lowest BCUT2D eigenvalue weighted by Crippen LogP contribution is -2.29. The first-order valence-corrected chi connectivity index (χ1v) is 7.00.